The minimum absolute atomic E-state index is 0.564. The lowest BCUT2D eigenvalue weighted by Crippen LogP contribution is -2.42. The van der Waals surface area contributed by atoms with E-state index >= 15 is 0 Å². The zero-order valence-corrected chi connectivity index (χ0v) is 13.8. The molecule has 0 saturated carbocycles. The summed E-state index contributed by atoms with van der Waals surface area (Å²) in [6, 6.07) is 2.70. The average Bonchev–Trinajstić information content (AvgIpc) is 2.95. The number of fused-ring (bicyclic) bond motifs is 1. The van der Waals surface area contributed by atoms with Gasteiger partial charge in [0.2, 0.25) is 5.95 Å². The van der Waals surface area contributed by atoms with Crippen LogP contribution in [0.4, 0.5) is 11.8 Å². The van der Waals surface area contributed by atoms with E-state index in [0.717, 1.165) is 36.2 Å². The Kier molecular flexibility index (Phi) is 4.26. The summed E-state index contributed by atoms with van der Waals surface area (Å²) in [5.74, 6) is 1.80. The Morgan fingerprint density at radius 3 is 2.86 bits per heavy atom. The maximum Gasteiger partial charge on any atom is 0.226 e. The lowest BCUT2D eigenvalue weighted by atomic mass is 10.0. The van der Waals surface area contributed by atoms with E-state index < -0.39 is 0 Å². The lowest BCUT2D eigenvalue weighted by Gasteiger charge is -2.36. The van der Waals surface area contributed by atoms with E-state index in [2.05, 4.69) is 52.6 Å². The van der Waals surface area contributed by atoms with Crippen LogP contribution in [0.3, 0.4) is 0 Å². The number of piperidine rings is 1. The van der Waals surface area contributed by atoms with Gasteiger partial charge in [-0.25, -0.2) is 4.98 Å². The number of hydrogen-bond donors (Lipinski definition) is 1. The van der Waals surface area contributed by atoms with Crippen LogP contribution in [0.5, 0.6) is 0 Å². The maximum atomic E-state index is 4.75. The summed E-state index contributed by atoms with van der Waals surface area (Å²) in [7, 11) is 4.37. The zero-order valence-electron chi connectivity index (χ0n) is 13.0. The van der Waals surface area contributed by atoms with Gasteiger partial charge in [0.1, 0.15) is 10.6 Å². The Bertz CT molecular complexity index is 603. The summed E-state index contributed by atoms with van der Waals surface area (Å²) in [6.45, 7) is 5.23. The topological polar surface area (TPSA) is 44.3 Å². The van der Waals surface area contributed by atoms with Crippen molar-refractivity contribution < 1.29 is 0 Å². The van der Waals surface area contributed by atoms with Gasteiger partial charge in [-0.1, -0.05) is 0 Å². The standard InChI is InChI=1S/C15H23N5S/c1-4-16-15-17-13(12-7-10-21-14(12)18-15)20(3)11-5-8-19(2)9-6-11/h7,10-11H,4-6,8-9H2,1-3H3,(H,16,17,18). The van der Waals surface area contributed by atoms with Gasteiger partial charge in [-0.05, 0) is 51.3 Å². The van der Waals surface area contributed by atoms with Crippen LogP contribution in [0.25, 0.3) is 10.2 Å². The molecule has 1 aliphatic rings. The monoisotopic (exact) mass is 305 g/mol. The van der Waals surface area contributed by atoms with Gasteiger partial charge < -0.3 is 15.1 Å². The Balaban J connectivity index is 1.92. The Labute approximate surface area is 130 Å². The van der Waals surface area contributed by atoms with Crippen LogP contribution < -0.4 is 10.2 Å². The first-order chi connectivity index (χ1) is 10.2. The van der Waals surface area contributed by atoms with Crippen LogP contribution in [-0.2, 0) is 0 Å². The second-order valence-corrected chi connectivity index (χ2v) is 6.58. The maximum absolute atomic E-state index is 4.75. The number of aromatic nitrogens is 2. The molecule has 0 aliphatic carbocycles. The van der Waals surface area contributed by atoms with Gasteiger partial charge in [0.15, 0.2) is 0 Å². The highest BCUT2D eigenvalue weighted by molar-refractivity contribution is 7.16. The van der Waals surface area contributed by atoms with Crippen molar-refractivity contribution in [3.63, 3.8) is 0 Å². The molecule has 2 aromatic rings. The highest BCUT2D eigenvalue weighted by Gasteiger charge is 2.23. The van der Waals surface area contributed by atoms with E-state index in [0.29, 0.717) is 6.04 Å². The van der Waals surface area contributed by atoms with Crippen molar-refractivity contribution in [2.45, 2.75) is 25.8 Å². The molecule has 0 spiro atoms. The highest BCUT2D eigenvalue weighted by Crippen LogP contribution is 2.31. The molecule has 1 saturated heterocycles. The van der Waals surface area contributed by atoms with E-state index in [-0.39, 0.29) is 0 Å². The zero-order chi connectivity index (χ0) is 14.8. The van der Waals surface area contributed by atoms with Crippen molar-refractivity contribution in [1.29, 1.82) is 0 Å². The fourth-order valence-corrected chi connectivity index (χ4v) is 3.66. The van der Waals surface area contributed by atoms with Crippen LogP contribution in [-0.4, -0.2) is 54.6 Å². The molecular formula is C15H23N5S. The third-order valence-electron chi connectivity index (χ3n) is 4.21. The molecule has 5 nitrogen and oxygen atoms in total. The van der Waals surface area contributed by atoms with E-state index in [4.69, 9.17) is 4.98 Å². The van der Waals surface area contributed by atoms with E-state index in [9.17, 15) is 0 Å². The third kappa shape index (κ3) is 2.96. The molecule has 1 N–H and O–H groups in total. The summed E-state index contributed by atoms with van der Waals surface area (Å²) in [4.78, 5) is 15.2. The molecule has 1 fully saturated rings. The molecule has 0 atom stereocenters. The summed E-state index contributed by atoms with van der Waals surface area (Å²) < 4.78 is 0. The number of thiophene rings is 1. The minimum atomic E-state index is 0.564. The van der Waals surface area contributed by atoms with Gasteiger partial charge in [-0.2, -0.15) is 4.98 Å². The molecule has 0 radical (unpaired) electrons. The van der Waals surface area contributed by atoms with Gasteiger partial charge in [0.25, 0.3) is 0 Å². The van der Waals surface area contributed by atoms with Crippen LogP contribution in [0, 0.1) is 0 Å². The summed E-state index contributed by atoms with van der Waals surface area (Å²) in [5, 5.41) is 6.51. The summed E-state index contributed by atoms with van der Waals surface area (Å²) in [5.41, 5.74) is 0. The molecule has 3 rings (SSSR count). The highest BCUT2D eigenvalue weighted by atomic mass is 32.1. The quantitative estimate of drug-likeness (QED) is 0.941. The summed E-state index contributed by atoms with van der Waals surface area (Å²) >= 11 is 1.68. The van der Waals surface area contributed by atoms with Gasteiger partial charge in [0.05, 0.1) is 5.39 Å². The fraction of sp³-hybridized carbons (Fsp3) is 0.600. The first-order valence-electron chi connectivity index (χ1n) is 7.59. The third-order valence-corrected chi connectivity index (χ3v) is 5.02. The average molecular weight is 305 g/mol. The molecule has 0 bridgehead atoms. The predicted molar refractivity (Wildman–Crippen MR) is 90.5 cm³/mol. The van der Waals surface area contributed by atoms with Gasteiger partial charge in [0, 0.05) is 19.6 Å². The molecular weight excluding hydrogens is 282 g/mol. The van der Waals surface area contributed by atoms with Gasteiger partial charge >= 0.3 is 0 Å². The predicted octanol–water partition coefficient (Wildman–Crippen LogP) is 2.65. The molecule has 114 valence electrons. The van der Waals surface area contributed by atoms with E-state index in [1.54, 1.807) is 11.3 Å². The smallest absolute Gasteiger partial charge is 0.226 e. The molecule has 0 amide bonds. The van der Waals surface area contributed by atoms with Gasteiger partial charge in [-0.3, -0.25) is 0 Å². The lowest BCUT2D eigenvalue weighted by molar-refractivity contribution is 0.252. The molecule has 3 heterocycles. The number of anilines is 2. The molecule has 2 aromatic heterocycles. The van der Waals surface area contributed by atoms with Crippen molar-refractivity contribution in [2.24, 2.45) is 0 Å². The van der Waals surface area contributed by atoms with Crippen molar-refractivity contribution in [1.82, 2.24) is 14.9 Å². The van der Waals surface area contributed by atoms with Gasteiger partial charge in [-0.15, -0.1) is 11.3 Å². The largest absolute Gasteiger partial charge is 0.356 e. The van der Waals surface area contributed by atoms with Crippen molar-refractivity contribution in [3.05, 3.63) is 11.4 Å². The van der Waals surface area contributed by atoms with E-state index in [1.165, 1.54) is 18.2 Å². The van der Waals surface area contributed by atoms with Crippen molar-refractivity contribution >= 4 is 33.3 Å². The first kappa shape index (κ1) is 14.5. The molecule has 6 heteroatoms. The number of likely N-dealkylation sites (tertiary alicyclic amines) is 1. The van der Waals surface area contributed by atoms with Crippen LogP contribution in [0.1, 0.15) is 19.8 Å². The summed E-state index contributed by atoms with van der Waals surface area (Å²) in [6.07, 6.45) is 2.39. The normalized spacial score (nSPS) is 17.3. The number of nitrogens with zero attached hydrogens (tertiary/aromatic N) is 4. The minimum Gasteiger partial charge on any atom is -0.356 e. The first-order valence-corrected chi connectivity index (χ1v) is 8.47. The SMILES string of the molecule is CCNc1nc(N(C)C2CCN(C)CC2)c2ccsc2n1. The molecule has 0 unspecified atom stereocenters. The Morgan fingerprint density at radius 1 is 1.38 bits per heavy atom. The second kappa shape index (κ2) is 6.15. The number of hydrogen-bond acceptors (Lipinski definition) is 6. The molecule has 21 heavy (non-hydrogen) atoms. The Hall–Kier alpha value is -1.40. The molecule has 1 aliphatic heterocycles. The van der Waals surface area contributed by atoms with Crippen LogP contribution >= 0.6 is 11.3 Å². The Morgan fingerprint density at radius 2 is 2.14 bits per heavy atom. The van der Waals surface area contributed by atoms with Crippen LogP contribution in [0.15, 0.2) is 11.4 Å². The fourth-order valence-electron chi connectivity index (χ4n) is 2.90. The number of rotatable bonds is 4. The van der Waals surface area contributed by atoms with Crippen molar-refractivity contribution in [2.75, 3.05) is 43.9 Å². The van der Waals surface area contributed by atoms with Crippen LogP contribution in [0.2, 0.25) is 0 Å². The molecule has 0 aromatic carbocycles. The van der Waals surface area contributed by atoms with E-state index in [1.807, 2.05) is 0 Å². The second-order valence-electron chi connectivity index (χ2n) is 5.69. The number of nitrogens with one attached hydrogen (secondary N) is 1. The van der Waals surface area contributed by atoms with Crippen molar-refractivity contribution in [3.8, 4) is 0 Å².